The lowest BCUT2D eigenvalue weighted by Gasteiger charge is -2.22. The van der Waals surface area contributed by atoms with E-state index >= 15 is 0 Å². The minimum atomic E-state index is -4.77. The molecule has 1 aromatic heterocycles. The van der Waals surface area contributed by atoms with Gasteiger partial charge in [-0.3, -0.25) is 0 Å². The van der Waals surface area contributed by atoms with Crippen LogP contribution in [0.4, 0.5) is 27.8 Å². The lowest BCUT2D eigenvalue weighted by Crippen LogP contribution is -2.32. The standard InChI is InChI=1S/C9H9ClF5N3O/c10-8-16-5(9(13,14)15)3-7(17-8)18(1-2-19)4-6(11)12/h3,6,19H,1-2,4H2. The molecule has 1 aromatic rings. The molecule has 4 nitrogen and oxygen atoms in total. The third-order valence-electron chi connectivity index (χ3n) is 2.03. The van der Waals surface area contributed by atoms with Crippen LogP contribution in [-0.4, -0.2) is 41.2 Å². The molecule has 0 radical (unpaired) electrons. The molecule has 0 fully saturated rings. The highest BCUT2D eigenvalue weighted by atomic mass is 35.5. The zero-order chi connectivity index (χ0) is 14.6. The van der Waals surface area contributed by atoms with E-state index in [1.165, 1.54) is 0 Å². The minimum absolute atomic E-state index is 0.297. The molecule has 108 valence electrons. The van der Waals surface area contributed by atoms with Crippen molar-refractivity contribution in [2.24, 2.45) is 0 Å². The lowest BCUT2D eigenvalue weighted by atomic mass is 10.3. The molecule has 0 aromatic carbocycles. The Kier molecular flexibility index (Phi) is 5.24. The Morgan fingerprint density at radius 3 is 2.42 bits per heavy atom. The Hall–Kier alpha value is -1.22. The summed E-state index contributed by atoms with van der Waals surface area (Å²) in [7, 11) is 0. The molecule has 0 spiro atoms. The van der Waals surface area contributed by atoms with E-state index in [-0.39, 0.29) is 6.54 Å². The SMILES string of the molecule is OCCN(CC(F)F)c1cc(C(F)(F)F)nc(Cl)n1. The van der Waals surface area contributed by atoms with Crippen LogP contribution in [0.5, 0.6) is 0 Å². The van der Waals surface area contributed by atoms with Crippen LogP contribution in [0.2, 0.25) is 5.28 Å². The molecule has 1 N–H and O–H groups in total. The fourth-order valence-corrected chi connectivity index (χ4v) is 1.48. The second kappa shape index (κ2) is 6.29. The smallest absolute Gasteiger partial charge is 0.395 e. The number of aromatic nitrogens is 2. The van der Waals surface area contributed by atoms with E-state index in [1.54, 1.807) is 0 Å². The zero-order valence-corrected chi connectivity index (χ0v) is 10.1. The molecular weight excluding hydrogens is 297 g/mol. The summed E-state index contributed by atoms with van der Waals surface area (Å²) in [4.78, 5) is 7.23. The summed E-state index contributed by atoms with van der Waals surface area (Å²) < 4.78 is 62.1. The van der Waals surface area contributed by atoms with Crippen LogP contribution < -0.4 is 4.90 Å². The first-order chi connectivity index (χ1) is 8.74. The van der Waals surface area contributed by atoms with Crippen LogP contribution in [-0.2, 0) is 6.18 Å². The van der Waals surface area contributed by atoms with Crippen molar-refractivity contribution in [3.05, 3.63) is 17.0 Å². The van der Waals surface area contributed by atoms with Crippen molar-refractivity contribution >= 4 is 17.4 Å². The normalized spacial score (nSPS) is 12.0. The number of hydrogen-bond acceptors (Lipinski definition) is 4. The molecule has 19 heavy (non-hydrogen) atoms. The quantitative estimate of drug-likeness (QED) is 0.669. The van der Waals surface area contributed by atoms with Crippen LogP contribution in [0.1, 0.15) is 5.69 Å². The molecule has 0 bridgehead atoms. The third kappa shape index (κ3) is 4.75. The number of anilines is 1. The van der Waals surface area contributed by atoms with Gasteiger partial charge in [0.2, 0.25) is 5.28 Å². The second-order valence-electron chi connectivity index (χ2n) is 3.44. The number of hydrogen-bond donors (Lipinski definition) is 1. The van der Waals surface area contributed by atoms with Gasteiger partial charge in [-0.05, 0) is 11.6 Å². The van der Waals surface area contributed by atoms with Crippen molar-refractivity contribution in [1.82, 2.24) is 9.97 Å². The van der Waals surface area contributed by atoms with Gasteiger partial charge in [0.05, 0.1) is 13.2 Å². The van der Waals surface area contributed by atoms with Gasteiger partial charge >= 0.3 is 6.18 Å². The van der Waals surface area contributed by atoms with Crippen molar-refractivity contribution in [2.75, 3.05) is 24.6 Å². The summed E-state index contributed by atoms with van der Waals surface area (Å²) in [6, 6.07) is 0.504. The maximum Gasteiger partial charge on any atom is 0.433 e. The van der Waals surface area contributed by atoms with Gasteiger partial charge in [-0.2, -0.15) is 13.2 Å². The largest absolute Gasteiger partial charge is 0.433 e. The van der Waals surface area contributed by atoms with E-state index in [9.17, 15) is 22.0 Å². The highest BCUT2D eigenvalue weighted by Crippen LogP contribution is 2.30. The average Bonchev–Trinajstić information content (AvgIpc) is 2.26. The van der Waals surface area contributed by atoms with E-state index in [0.29, 0.717) is 6.07 Å². The number of halogens is 6. The zero-order valence-electron chi connectivity index (χ0n) is 9.33. The van der Waals surface area contributed by atoms with Crippen molar-refractivity contribution in [1.29, 1.82) is 0 Å². The summed E-state index contributed by atoms with van der Waals surface area (Å²) in [5.41, 5.74) is -1.33. The Bertz CT molecular complexity index is 429. The van der Waals surface area contributed by atoms with Crippen LogP contribution >= 0.6 is 11.6 Å². The average molecular weight is 306 g/mol. The van der Waals surface area contributed by atoms with Crippen LogP contribution in [0.25, 0.3) is 0 Å². The van der Waals surface area contributed by atoms with Gasteiger partial charge in [-0.15, -0.1) is 0 Å². The number of aliphatic hydroxyl groups excluding tert-OH is 1. The number of rotatable bonds is 5. The van der Waals surface area contributed by atoms with Crippen LogP contribution in [0.3, 0.4) is 0 Å². The molecular formula is C9H9ClF5N3O. The first-order valence-electron chi connectivity index (χ1n) is 4.99. The number of nitrogens with zero attached hydrogens (tertiary/aromatic N) is 3. The molecule has 1 heterocycles. The molecule has 0 amide bonds. The second-order valence-corrected chi connectivity index (χ2v) is 3.78. The van der Waals surface area contributed by atoms with Crippen molar-refractivity contribution in [2.45, 2.75) is 12.6 Å². The number of aliphatic hydroxyl groups is 1. The molecule has 0 aliphatic carbocycles. The van der Waals surface area contributed by atoms with E-state index in [1.807, 2.05) is 0 Å². The lowest BCUT2D eigenvalue weighted by molar-refractivity contribution is -0.141. The van der Waals surface area contributed by atoms with Gasteiger partial charge in [0.1, 0.15) is 5.82 Å². The number of alkyl halides is 5. The first-order valence-corrected chi connectivity index (χ1v) is 5.37. The fourth-order valence-electron chi connectivity index (χ4n) is 1.30. The maximum absolute atomic E-state index is 12.5. The Morgan fingerprint density at radius 1 is 1.32 bits per heavy atom. The van der Waals surface area contributed by atoms with Crippen molar-refractivity contribution in [3.8, 4) is 0 Å². The van der Waals surface area contributed by atoms with Crippen LogP contribution in [0.15, 0.2) is 6.07 Å². The predicted molar refractivity (Wildman–Crippen MR) is 57.3 cm³/mol. The summed E-state index contributed by atoms with van der Waals surface area (Å²) in [6.07, 6.45) is -7.56. The monoisotopic (exact) mass is 305 g/mol. The summed E-state index contributed by atoms with van der Waals surface area (Å²) in [5.74, 6) is -0.415. The highest BCUT2D eigenvalue weighted by molar-refractivity contribution is 6.28. The molecule has 0 saturated carbocycles. The predicted octanol–water partition coefficient (Wildman–Crippen LogP) is 2.21. The minimum Gasteiger partial charge on any atom is -0.395 e. The summed E-state index contributed by atoms with van der Waals surface area (Å²) in [6.45, 7) is -1.68. The van der Waals surface area contributed by atoms with Crippen molar-refractivity contribution in [3.63, 3.8) is 0 Å². The molecule has 0 atom stereocenters. The fraction of sp³-hybridized carbons (Fsp3) is 0.556. The molecule has 0 unspecified atom stereocenters. The van der Waals surface area contributed by atoms with Gasteiger partial charge in [0.25, 0.3) is 6.43 Å². The van der Waals surface area contributed by atoms with E-state index in [0.717, 1.165) is 4.90 Å². The van der Waals surface area contributed by atoms with Gasteiger partial charge in [0, 0.05) is 12.6 Å². The van der Waals surface area contributed by atoms with E-state index < -0.39 is 42.5 Å². The topological polar surface area (TPSA) is 49.2 Å². The van der Waals surface area contributed by atoms with Gasteiger partial charge < -0.3 is 10.0 Å². The Morgan fingerprint density at radius 2 is 1.95 bits per heavy atom. The molecule has 1 rings (SSSR count). The molecule has 0 saturated heterocycles. The highest BCUT2D eigenvalue weighted by Gasteiger charge is 2.34. The van der Waals surface area contributed by atoms with E-state index in [2.05, 4.69) is 9.97 Å². The van der Waals surface area contributed by atoms with Crippen molar-refractivity contribution < 1.29 is 27.1 Å². The van der Waals surface area contributed by atoms with Gasteiger partial charge in [-0.25, -0.2) is 18.7 Å². The maximum atomic E-state index is 12.5. The summed E-state index contributed by atoms with van der Waals surface area (Å²) in [5, 5.41) is 8.02. The Labute approximate surface area is 109 Å². The molecule has 0 aliphatic heterocycles. The molecule has 10 heteroatoms. The Balaban J connectivity index is 3.12. The first kappa shape index (κ1) is 15.8. The summed E-state index contributed by atoms with van der Waals surface area (Å²) >= 11 is 5.34. The third-order valence-corrected chi connectivity index (χ3v) is 2.20. The molecule has 0 aliphatic rings. The van der Waals surface area contributed by atoms with E-state index in [4.69, 9.17) is 16.7 Å². The van der Waals surface area contributed by atoms with Gasteiger partial charge in [0.15, 0.2) is 5.69 Å². The van der Waals surface area contributed by atoms with Crippen LogP contribution in [0, 0.1) is 0 Å². The van der Waals surface area contributed by atoms with Gasteiger partial charge in [-0.1, -0.05) is 0 Å².